The monoisotopic (exact) mass is 382 g/mol. The van der Waals surface area contributed by atoms with Gasteiger partial charge < -0.3 is 15.0 Å². The second-order valence-electron chi connectivity index (χ2n) is 7.76. The predicted molar refractivity (Wildman–Crippen MR) is 113 cm³/mol. The van der Waals surface area contributed by atoms with Crippen molar-refractivity contribution in [2.75, 3.05) is 12.3 Å². The van der Waals surface area contributed by atoms with Gasteiger partial charge in [-0.1, -0.05) is 52.7 Å². The Morgan fingerprint density at radius 2 is 1.79 bits per heavy atom. The zero-order valence-electron chi connectivity index (χ0n) is 17.2. The number of ether oxygens (including phenoxy) is 1. The first kappa shape index (κ1) is 20.1. The van der Waals surface area contributed by atoms with Gasteiger partial charge in [-0.2, -0.15) is 0 Å². The van der Waals surface area contributed by atoms with Crippen molar-refractivity contribution in [3.05, 3.63) is 29.8 Å². The maximum atomic E-state index is 12.9. The molecule has 0 saturated heterocycles. The molecule has 6 heteroatoms. The summed E-state index contributed by atoms with van der Waals surface area (Å²) in [7, 11) is 0. The minimum Gasteiger partial charge on any atom is -0.462 e. The number of esters is 1. The number of hydrogen-bond acceptors (Lipinski definition) is 5. The van der Waals surface area contributed by atoms with Gasteiger partial charge in [0.15, 0.2) is 5.65 Å². The first-order valence-corrected chi connectivity index (χ1v) is 10.2. The van der Waals surface area contributed by atoms with Crippen molar-refractivity contribution in [3.8, 4) is 0 Å². The lowest BCUT2D eigenvalue weighted by Crippen LogP contribution is -2.15. The number of nitrogens with two attached hydrogens (primary N) is 1. The van der Waals surface area contributed by atoms with E-state index in [0.717, 1.165) is 30.3 Å². The normalized spacial score (nSPS) is 11.8. The fraction of sp³-hybridized carbons (Fsp3) is 0.500. The third-order valence-corrected chi connectivity index (χ3v) is 5.33. The highest BCUT2D eigenvalue weighted by Gasteiger charge is 2.25. The van der Waals surface area contributed by atoms with E-state index in [2.05, 4.69) is 27.7 Å². The molecule has 0 atom stereocenters. The molecule has 0 amide bonds. The maximum Gasteiger partial charge on any atom is 0.344 e. The molecule has 0 unspecified atom stereocenters. The Balaban J connectivity index is 2.08. The van der Waals surface area contributed by atoms with Gasteiger partial charge in [0.2, 0.25) is 0 Å². The molecule has 0 saturated carbocycles. The van der Waals surface area contributed by atoms with Crippen LogP contribution in [0.15, 0.2) is 24.3 Å². The van der Waals surface area contributed by atoms with E-state index in [9.17, 15) is 4.79 Å². The van der Waals surface area contributed by atoms with Gasteiger partial charge >= 0.3 is 5.97 Å². The molecule has 0 aliphatic carbocycles. The molecular formula is C22H30N4O2. The van der Waals surface area contributed by atoms with Crippen LogP contribution in [0, 0.1) is 11.8 Å². The van der Waals surface area contributed by atoms with Gasteiger partial charge in [0.25, 0.3) is 0 Å². The molecule has 2 heterocycles. The minimum atomic E-state index is -0.415. The largest absolute Gasteiger partial charge is 0.462 e. The fourth-order valence-electron chi connectivity index (χ4n) is 3.32. The molecule has 28 heavy (non-hydrogen) atoms. The molecule has 3 aromatic rings. The van der Waals surface area contributed by atoms with E-state index in [-0.39, 0.29) is 0 Å². The summed E-state index contributed by atoms with van der Waals surface area (Å²) < 4.78 is 7.52. The summed E-state index contributed by atoms with van der Waals surface area (Å²) in [6.45, 7) is 9.61. The van der Waals surface area contributed by atoms with Crippen LogP contribution in [0.1, 0.15) is 57.3 Å². The summed E-state index contributed by atoms with van der Waals surface area (Å²) in [5.74, 6) is 0.838. The lowest BCUT2D eigenvalue weighted by atomic mass is 10.1. The lowest BCUT2D eigenvalue weighted by Gasteiger charge is -2.13. The zero-order chi connectivity index (χ0) is 20.3. The molecule has 6 nitrogen and oxygen atoms in total. The number of aromatic nitrogens is 3. The number of anilines is 1. The number of rotatable bonds is 8. The fourth-order valence-corrected chi connectivity index (χ4v) is 3.32. The topological polar surface area (TPSA) is 83.0 Å². The van der Waals surface area contributed by atoms with E-state index in [4.69, 9.17) is 20.4 Å². The Hall–Kier alpha value is -2.63. The summed E-state index contributed by atoms with van der Waals surface area (Å²) in [6, 6.07) is 7.65. The van der Waals surface area contributed by atoms with Gasteiger partial charge in [0.05, 0.1) is 17.6 Å². The first-order valence-electron chi connectivity index (χ1n) is 10.2. The summed E-state index contributed by atoms with van der Waals surface area (Å²) >= 11 is 0. The number of para-hydroxylation sites is 2. The Morgan fingerprint density at radius 1 is 1.14 bits per heavy atom. The van der Waals surface area contributed by atoms with Crippen molar-refractivity contribution in [2.45, 2.75) is 53.5 Å². The van der Waals surface area contributed by atoms with Crippen molar-refractivity contribution >= 4 is 34.0 Å². The highest BCUT2D eigenvalue weighted by Crippen LogP contribution is 2.29. The van der Waals surface area contributed by atoms with Crippen molar-refractivity contribution in [1.29, 1.82) is 0 Å². The highest BCUT2D eigenvalue weighted by molar-refractivity contribution is 6.08. The number of hydrogen-bond donors (Lipinski definition) is 1. The van der Waals surface area contributed by atoms with Crippen LogP contribution in [0.3, 0.4) is 0 Å². The number of fused-ring (bicyclic) bond motifs is 2. The van der Waals surface area contributed by atoms with E-state index in [0.29, 0.717) is 47.5 Å². The van der Waals surface area contributed by atoms with E-state index < -0.39 is 5.97 Å². The molecule has 1 aromatic carbocycles. The average molecular weight is 383 g/mol. The second-order valence-corrected chi connectivity index (χ2v) is 7.76. The quantitative estimate of drug-likeness (QED) is 0.566. The summed E-state index contributed by atoms with van der Waals surface area (Å²) in [4.78, 5) is 22.4. The Bertz CT molecular complexity index is 973. The third-order valence-electron chi connectivity index (χ3n) is 5.33. The van der Waals surface area contributed by atoms with Crippen LogP contribution in [0.4, 0.5) is 5.82 Å². The molecule has 150 valence electrons. The summed E-state index contributed by atoms with van der Waals surface area (Å²) in [5.41, 5.74) is 9.45. The van der Waals surface area contributed by atoms with Crippen LogP contribution in [-0.4, -0.2) is 27.1 Å². The summed E-state index contributed by atoms with van der Waals surface area (Å²) in [5, 5.41) is 0. The van der Waals surface area contributed by atoms with Crippen molar-refractivity contribution < 1.29 is 9.53 Å². The van der Waals surface area contributed by atoms with E-state index in [1.807, 2.05) is 28.8 Å². The molecule has 0 aliphatic rings. The third kappa shape index (κ3) is 3.96. The van der Waals surface area contributed by atoms with Crippen LogP contribution in [0.5, 0.6) is 0 Å². The zero-order valence-corrected chi connectivity index (χ0v) is 17.2. The second kappa shape index (κ2) is 8.59. The average Bonchev–Trinajstić information content (AvgIpc) is 2.95. The Morgan fingerprint density at radius 3 is 2.39 bits per heavy atom. The van der Waals surface area contributed by atoms with Crippen molar-refractivity contribution in [1.82, 2.24) is 14.5 Å². The van der Waals surface area contributed by atoms with Crippen LogP contribution in [0.2, 0.25) is 0 Å². The van der Waals surface area contributed by atoms with Gasteiger partial charge in [-0.05, 0) is 30.4 Å². The van der Waals surface area contributed by atoms with Crippen LogP contribution < -0.4 is 5.73 Å². The number of aryl methyl sites for hydroxylation is 1. The van der Waals surface area contributed by atoms with E-state index in [1.54, 1.807) is 0 Å². The van der Waals surface area contributed by atoms with Crippen molar-refractivity contribution in [3.63, 3.8) is 0 Å². The predicted octanol–water partition coefficient (Wildman–Crippen LogP) is 4.81. The number of carbonyl (C=O) groups is 1. The number of nitrogens with zero attached hydrogens (tertiary/aromatic N) is 3. The van der Waals surface area contributed by atoms with Gasteiger partial charge in [-0.3, -0.25) is 0 Å². The first-order chi connectivity index (χ1) is 13.5. The van der Waals surface area contributed by atoms with Crippen LogP contribution >= 0.6 is 0 Å². The molecular weight excluding hydrogens is 352 g/mol. The standard InChI is InChI=1S/C22H30N4O2/c1-5-15(6-2)13-28-22(27)18-19-21(26(20(18)23)12-11-14(3)4)25-17-10-8-7-9-16(17)24-19/h7-10,14-15H,5-6,11-13,23H2,1-4H3. The van der Waals surface area contributed by atoms with E-state index >= 15 is 0 Å². The molecule has 0 radical (unpaired) electrons. The van der Waals surface area contributed by atoms with Crippen molar-refractivity contribution in [2.24, 2.45) is 11.8 Å². The lowest BCUT2D eigenvalue weighted by molar-refractivity contribution is 0.0436. The number of benzene rings is 1. The smallest absolute Gasteiger partial charge is 0.344 e. The van der Waals surface area contributed by atoms with Gasteiger partial charge in [-0.25, -0.2) is 14.8 Å². The molecule has 2 N–H and O–H groups in total. The molecule has 0 fully saturated rings. The SMILES string of the molecule is CCC(CC)COC(=O)c1c(N)n(CCC(C)C)c2nc3ccccc3nc12. The van der Waals surface area contributed by atoms with Crippen LogP contribution in [0.25, 0.3) is 22.2 Å². The Labute approximate surface area is 166 Å². The van der Waals surface area contributed by atoms with Gasteiger partial charge in [0.1, 0.15) is 16.9 Å². The number of nitrogen functional groups attached to an aromatic ring is 1. The summed E-state index contributed by atoms with van der Waals surface area (Å²) in [6.07, 6.45) is 2.88. The highest BCUT2D eigenvalue weighted by atomic mass is 16.5. The van der Waals surface area contributed by atoms with Gasteiger partial charge in [0, 0.05) is 6.54 Å². The van der Waals surface area contributed by atoms with Crippen LogP contribution in [-0.2, 0) is 11.3 Å². The van der Waals surface area contributed by atoms with Gasteiger partial charge in [-0.15, -0.1) is 0 Å². The maximum absolute atomic E-state index is 12.9. The Kier molecular flexibility index (Phi) is 6.17. The number of carbonyl (C=O) groups excluding carboxylic acids is 1. The molecule has 2 aromatic heterocycles. The molecule has 0 spiro atoms. The minimum absolute atomic E-state index is 0.336. The molecule has 0 aliphatic heterocycles. The van der Waals surface area contributed by atoms with E-state index in [1.165, 1.54) is 0 Å². The molecule has 0 bridgehead atoms. The molecule has 3 rings (SSSR count).